The normalized spacial score (nSPS) is 32.0. The van der Waals surface area contributed by atoms with Gasteiger partial charge >= 0.3 is 17.9 Å². The molecule has 137 heavy (non-hydrogen) atoms. The van der Waals surface area contributed by atoms with Crippen LogP contribution in [0.25, 0.3) is 33.1 Å². The molecule has 20 atom stereocenters. The molecule has 6 saturated heterocycles. The number of benzene rings is 3. The van der Waals surface area contributed by atoms with Crippen LogP contribution in [0.5, 0.6) is 34.9 Å². The molecule has 19 rings (SSSR count). The third kappa shape index (κ3) is 22.4. The Bertz CT molecular complexity index is 5200. The summed E-state index contributed by atoms with van der Waals surface area (Å²) in [5.41, 5.74) is 4.50. The molecule has 12 heterocycles. The second-order valence-corrected chi connectivity index (χ2v) is 41.5. The number of rotatable bonds is 12. The molecule has 6 bridgehead atoms. The Kier molecular flexibility index (Phi) is 34.8. The first kappa shape index (κ1) is 105. The van der Waals surface area contributed by atoms with Crippen LogP contribution < -0.4 is 28.4 Å². The zero-order chi connectivity index (χ0) is 93.9. The maximum Gasteiger partial charge on any atom is 0.307 e. The van der Waals surface area contributed by atoms with Crippen LogP contribution >= 0.6 is 0 Å². The smallest absolute Gasteiger partial charge is 0.307 e. The van der Waals surface area contributed by atoms with Gasteiger partial charge in [0.1, 0.15) is 70.5 Å². The van der Waals surface area contributed by atoms with E-state index >= 15 is 0 Å². The number of ether oxygens (including phenoxy) is 12. The zero-order valence-corrected chi connectivity index (χ0v) is 85.2. The summed E-state index contributed by atoms with van der Waals surface area (Å²) in [6, 6.07) is 14.5. The van der Waals surface area contributed by atoms with Crippen LogP contribution in [0.1, 0.15) is 232 Å². The molecule has 13 aliphatic rings. The van der Waals surface area contributed by atoms with Gasteiger partial charge in [0.15, 0.2) is 0 Å². The quantitative estimate of drug-likeness (QED) is 0.0624. The van der Waals surface area contributed by atoms with Gasteiger partial charge in [-0.2, -0.15) is 0 Å². The second kappa shape index (κ2) is 45.5. The zero-order valence-electron chi connectivity index (χ0n) is 81.0. The monoisotopic (exact) mass is 2000 g/mol. The Labute approximate surface area is 839 Å². The number of hydrogen-bond acceptors (Lipinski definition) is 27. The largest absolute Gasteiger partial charge is 0.540 e. The van der Waals surface area contributed by atoms with Gasteiger partial charge in [0.2, 0.25) is 35.4 Å². The van der Waals surface area contributed by atoms with Gasteiger partial charge in [0, 0.05) is 90.1 Å². The molecule has 0 N–H and O–H groups in total. The average Bonchev–Trinajstić information content (AvgIpc) is 1.61. The minimum absolute atomic E-state index is 0. The topological polar surface area (TPSA) is 351 Å². The first-order chi connectivity index (χ1) is 64.8. The average molecular weight is 2000 g/mol. The molecule has 33 heteroatoms. The molecule has 3 aromatic heterocycles. The Hall–Kier alpha value is -8.06. The summed E-state index contributed by atoms with van der Waals surface area (Å²) in [6.07, 6.45) is 28.5. The van der Waals surface area contributed by atoms with Crippen LogP contribution in [0.3, 0.4) is 0 Å². The molecule has 2 unspecified atom stereocenters. The number of fused-ring (bicyclic) bond motifs is 17. The van der Waals surface area contributed by atoms with Crippen molar-refractivity contribution in [2.45, 2.75) is 289 Å². The van der Waals surface area contributed by atoms with Crippen LogP contribution in [0.4, 0.5) is 0 Å². The third-order valence-electron chi connectivity index (χ3n) is 32.6. The van der Waals surface area contributed by atoms with Gasteiger partial charge in [-0.05, 0) is 200 Å². The van der Waals surface area contributed by atoms with Gasteiger partial charge in [0.25, 0.3) is 0 Å². The van der Waals surface area contributed by atoms with Crippen molar-refractivity contribution in [2.24, 2.45) is 81.3 Å². The van der Waals surface area contributed by atoms with Gasteiger partial charge in [-0.25, -0.2) is 48.8 Å². The Morgan fingerprint density at radius 3 is 1.12 bits per heavy atom. The van der Waals surface area contributed by atoms with Gasteiger partial charge in [0.05, 0.1) is 151 Å². The van der Waals surface area contributed by atoms with E-state index in [-0.39, 0.29) is 166 Å². The number of hydrogen-bond donors (Lipinski definition) is 0. The van der Waals surface area contributed by atoms with Crippen molar-refractivity contribution in [2.75, 3.05) is 80.6 Å². The van der Waals surface area contributed by atoms with Gasteiger partial charge in [-0.15, -0.1) is 0 Å². The van der Waals surface area contributed by atoms with Crippen LogP contribution in [-0.4, -0.2) is 234 Å². The minimum Gasteiger partial charge on any atom is -0.540 e. The van der Waals surface area contributed by atoms with E-state index in [4.69, 9.17) is 86.7 Å². The minimum atomic E-state index is -0.800. The Morgan fingerprint density at radius 2 is 0.745 bits per heavy atom. The molecule has 4 aliphatic carbocycles. The summed E-state index contributed by atoms with van der Waals surface area (Å²) in [5.74, 6) is 0.997. The van der Waals surface area contributed by atoms with Crippen molar-refractivity contribution in [3.63, 3.8) is 0 Å². The molecule has 3 aromatic carbocycles. The van der Waals surface area contributed by atoms with Gasteiger partial charge in [-0.1, -0.05) is 117 Å². The van der Waals surface area contributed by atoms with E-state index in [0.717, 1.165) is 156 Å². The number of amides is 3. The van der Waals surface area contributed by atoms with Crippen molar-refractivity contribution in [1.29, 1.82) is 0 Å². The molecular formula is C104H134N9O21V3-3. The van der Waals surface area contributed by atoms with Crippen LogP contribution in [0.2, 0.25) is 0 Å². The summed E-state index contributed by atoms with van der Waals surface area (Å²) in [7, 11) is 4.84. The predicted octanol–water partition coefficient (Wildman–Crippen LogP) is 14.0. The number of carbonyl (C=O) groups is 6. The molecule has 3 radical (unpaired) electrons. The van der Waals surface area contributed by atoms with Crippen molar-refractivity contribution >= 4 is 87.6 Å². The summed E-state index contributed by atoms with van der Waals surface area (Å²) < 4.78 is 71.3. The fraction of sp³-hybridized carbons (Fsp3) is 0.683. The molecule has 0 spiro atoms. The first-order valence-electron chi connectivity index (χ1n) is 49.7. The van der Waals surface area contributed by atoms with E-state index in [0.29, 0.717) is 153 Å². The number of aromatic nitrogens is 6. The van der Waals surface area contributed by atoms with E-state index in [1.165, 1.54) is 6.42 Å². The molecule has 9 aliphatic heterocycles. The number of esters is 3. The number of carbonyl (C=O) groups excluding carboxylic acids is 9. The fourth-order valence-electron chi connectivity index (χ4n) is 24.2. The number of nitrogens with zero attached hydrogens (tertiary/aromatic N) is 9. The third-order valence-corrected chi connectivity index (χ3v) is 32.6. The number of aryl methyl sites for hydroxylation is 3. The SMILES string of the molecule is CC[C@@H]1[C@@H]2CN(C(=O)[C@H](C3(C)COC3)CC(=O)O[C@@H]3CC4CC4[C@H]3CCCCCc3nc4ccc(OC)cc4nc3O2)[C@@H]1[C-]=O.CC[C@@H]1[C@@H]2CN(C(=O)[C@H](C3(C)COC3)CC(=O)O[C@@H]3CCC[C@H]3CCCCCc3nc4ccc(OC)cc4nc3O2)[C@@H]1[C-]=O.CC[C@@H]1[C@@H]2CN(C(=O)[C@H](C3(C)COC3)CC(=O)O[C@]3(C)CCC[C@H]3CCCCCc3nc4ccc(OC)cc4nc3O2)[C@@H]1[C-]=O.[V].[V].[V]. The molecule has 4 saturated carbocycles. The van der Waals surface area contributed by atoms with Crippen molar-refractivity contribution < 1.29 is 156 Å². The molecule has 30 nitrogen and oxygen atoms in total. The maximum atomic E-state index is 14.4. The standard InChI is InChI=1S/C35H44N3O7.C35H46N3O7.C34H44N3O7.3V/c1-4-22-29(17-39)38-16-31(22)45-33-27(36-26-11-10-21(42-3)14-28(26)37-33)9-7-5-6-8-23-24-12-20(24)13-30(23)44-32(40)15-25(34(38)41)35(2)18-43-19-35;1-5-24-29(19-39)38-18-30(24)44-32-27(36-26-14-13-23(42-4)16-28(26)37-32)12-8-6-7-10-22-11-9-15-35(22,3)45-31(40)17-25(33(38)41)34(2)20-43-21-34;1-4-23-28(18-38)37-17-30(23)44-32-26(35-25-14-13-22(41-3)15-27(25)36-32)11-7-5-6-9-21-10-8-12-29(21)43-31(39)16-24(33(37)40)34(2)19-42-20-34;;;/h10-11,14,20,22-25,29-31H,4-9,12-13,15-16,18-19H2,1-3H3;13-14,16,22,24-25,29-30H,5-12,15,17-18,20-21H2,1-4H3;13-15,21,23-24,28-30H,4-12,16-17,19-20H2,1-3H3;;;/q3*-1;;;/t20?,22-,23+,24?,25+,29+,30+,31-;22-,24+,25-,29-,30+,35-;21-,23+,24-,28-,29-,30+;;;/m011.../s1. The molecule has 10 fully saturated rings. The maximum absolute atomic E-state index is 14.4. The van der Waals surface area contributed by atoms with Crippen molar-refractivity contribution in [3.05, 3.63) is 71.7 Å². The van der Waals surface area contributed by atoms with Crippen LogP contribution in [-0.2, 0) is 147 Å². The van der Waals surface area contributed by atoms with Crippen molar-refractivity contribution in [3.8, 4) is 34.9 Å². The molecule has 3 amide bonds. The Balaban J connectivity index is 0.000000162. The first-order valence-corrected chi connectivity index (χ1v) is 49.7. The molecular weight excluding hydrogens is 1860 g/mol. The molecule has 739 valence electrons. The summed E-state index contributed by atoms with van der Waals surface area (Å²) >= 11 is 0. The van der Waals surface area contributed by atoms with Gasteiger partial charge in [-0.3, -0.25) is 28.8 Å². The summed E-state index contributed by atoms with van der Waals surface area (Å²) in [6.45, 7) is 16.8. The number of methoxy groups -OCH3 is 3. The summed E-state index contributed by atoms with van der Waals surface area (Å²) in [4.78, 5) is 155. The van der Waals surface area contributed by atoms with E-state index in [9.17, 15) is 43.2 Å². The van der Waals surface area contributed by atoms with E-state index in [2.05, 4.69) is 25.8 Å². The Morgan fingerprint density at radius 1 is 0.380 bits per heavy atom. The van der Waals surface area contributed by atoms with Crippen LogP contribution in [0.15, 0.2) is 54.6 Å². The van der Waals surface area contributed by atoms with E-state index in [1.807, 2.05) is 96.1 Å². The van der Waals surface area contributed by atoms with Crippen LogP contribution in [0, 0.1) is 81.3 Å². The summed E-state index contributed by atoms with van der Waals surface area (Å²) in [5, 5.41) is 0. The predicted molar refractivity (Wildman–Crippen MR) is 493 cm³/mol. The van der Waals surface area contributed by atoms with E-state index in [1.54, 1.807) is 36.0 Å². The second-order valence-electron chi connectivity index (χ2n) is 41.5. The fourth-order valence-corrected chi connectivity index (χ4v) is 24.2. The molecule has 6 aromatic rings. The van der Waals surface area contributed by atoms with Gasteiger partial charge < -0.3 is 85.9 Å². The van der Waals surface area contributed by atoms with Crippen molar-refractivity contribution in [1.82, 2.24) is 44.6 Å². The van der Waals surface area contributed by atoms with E-state index < -0.39 is 76.0 Å².